The summed E-state index contributed by atoms with van der Waals surface area (Å²) in [6.07, 6.45) is 0. The van der Waals surface area contributed by atoms with E-state index in [1.165, 1.54) is 12.1 Å². The molecule has 0 saturated carbocycles. The SMILES string of the molecule is O=S(=O)(Nc1nc2c(Cl)ccc(Cl)c2s1)c1ccc(F)cc1. The number of rotatable bonds is 3. The Hall–Kier alpha value is -1.41. The van der Waals surface area contributed by atoms with Crippen molar-refractivity contribution in [3.05, 3.63) is 52.3 Å². The zero-order valence-corrected chi connectivity index (χ0v) is 13.8. The van der Waals surface area contributed by atoms with Crippen molar-refractivity contribution < 1.29 is 12.8 Å². The largest absolute Gasteiger partial charge is 0.263 e. The van der Waals surface area contributed by atoms with Crippen LogP contribution < -0.4 is 4.72 Å². The smallest absolute Gasteiger partial charge is 0.255 e. The highest BCUT2D eigenvalue weighted by atomic mass is 35.5. The van der Waals surface area contributed by atoms with E-state index in [0.717, 1.165) is 23.5 Å². The van der Waals surface area contributed by atoms with Crippen molar-refractivity contribution >= 4 is 59.9 Å². The van der Waals surface area contributed by atoms with Gasteiger partial charge in [0.1, 0.15) is 11.3 Å². The first-order valence-electron chi connectivity index (χ1n) is 5.90. The van der Waals surface area contributed by atoms with E-state index in [4.69, 9.17) is 23.2 Å². The molecule has 9 heteroatoms. The maximum absolute atomic E-state index is 12.9. The standard InChI is InChI=1S/C13H7Cl2FN2O2S2/c14-9-5-6-10(15)12-11(9)17-13(21-12)18-22(19,20)8-3-1-7(16)2-4-8/h1-6H,(H,17,18). The molecule has 0 fully saturated rings. The minimum Gasteiger partial charge on any atom is -0.255 e. The third-order valence-corrected chi connectivity index (χ3v) is 6.01. The number of nitrogens with zero attached hydrogens (tertiary/aromatic N) is 1. The van der Waals surface area contributed by atoms with Crippen molar-refractivity contribution in [2.45, 2.75) is 4.90 Å². The van der Waals surface area contributed by atoms with Gasteiger partial charge in [-0.3, -0.25) is 4.72 Å². The second-order valence-corrected chi connectivity index (χ2v) is 7.78. The van der Waals surface area contributed by atoms with Crippen molar-refractivity contribution in [3.8, 4) is 0 Å². The van der Waals surface area contributed by atoms with Gasteiger partial charge in [-0.2, -0.15) is 0 Å². The van der Waals surface area contributed by atoms with E-state index in [2.05, 4.69) is 9.71 Å². The van der Waals surface area contributed by atoms with E-state index in [-0.39, 0.29) is 10.0 Å². The number of hydrogen-bond donors (Lipinski definition) is 1. The first kappa shape index (κ1) is 15.5. The van der Waals surface area contributed by atoms with E-state index in [1.54, 1.807) is 12.1 Å². The molecule has 0 amide bonds. The monoisotopic (exact) mass is 376 g/mol. The number of nitrogens with one attached hydrogen (secondary N) is 1. The molecule has 0 aliphatic heterocycles. The third-order valence-electron chi connectivity index (χ3n) is 2.79. The molecule has 0 aliphatic rings. The third kappa shape index (κ3) is 2.89. The summed E-state index contributed by atoms with van der Waals surface area (Å²) >= 11 is 13.1. The fraction of sp³-hybridized carbons (Fsp3) is 0. The lowest BCUT2D eigenvalue weighted by atomic mass is 10.3. The van der Waals surface area contributed by atoms with Gasteiger partial charge >= 0.3 is 0 Å². The Morgan fingerprint density at radius 3 is 2.32 bits per heavy atom. The predicted octanol–water partition coefficient (Wildman–Crippen LogP) is 4.54. The molecule has 0 spiro atoms. The van der Waals surface area contributed by atoms with Crippen molar-refractivity contribution in [1.29, 1.82) is 0 Å². The van der Waals surface area contributed by atoms with Crippen molar-refractivity contribution in [2.24, 2.45) is 0 Å². The molecule has 0 saturated heterocycles. The van der Waals surface area contributed by atoms with Gasteiger partial charge in [-0.15, -0.1) is 0 Å². The summed E-state index contributed by atoms with van der Waals surface area (Å²) in [6, 6.07) is 7.68. The van der Waals surface area contributed by atoms with Gasteiger partial charge in [-0.05, 0) is 36.4 Å². The van der Waals surface area contributed by atoms with Crippen molar-refractivity contribution in [2.75, 3.05) is 4.72 Å². The number of aromatic nitrogens is 1. The van der Waals surface area contributed by atoms with E-state index >= 15 is 0 Å². The minimum absolute atomic E-state index is 0.0645. The first-order valence-corrected chi connectivity index (χ1v) is 8.95. The average molecular weight is 377 g/mol. The summed E-state index contributed by atoms with van der Waals surface area (Å²) < 4.78 is 40.3. The van der Waals surface area contributed by atoms with Crippen LogP contribution in [0, 0.1) is 5.82 Å². The van der Waals surface area contributed by atoms with Crippen LogP contribution >= 0.6 is 34.5 Å². The van der Waals surface area contributed by atoms with Crippen LogP contribution in [-0.4, -0.2) is 13.4 Å². The molecular formula is C13H7Cl2FN2O2S2. The number of thiazole rings is 1. The van der Waals surface area contributed by atoms with Crippen molar-refractivity contribution in [3.63, 3.8) is 0 Å². The normalized spacial score (nSPS) is 11.8. The van der Waals surface area contributed by atoms with Gasteiger partial charge in [0.25, 0.3) is 10.0 Å². The Morgan fingerprint density at radius 2 is 1.68 bits per heavy atom. The summed E-state index contributed by atoms with van der Waals surface area (Å²) in [7, 11) is -3.86. The molecule has 1 N–H and O–H groups in total. The number of benzene rings is 2. The summed E-state index contributed by atoms with van der Waals surface area (Å²) in [5, 5.41) is 0.946. The fourth-order valence-electron chi connectivity index (χ4n) is 1.78. The molecule has 0 aliphatic carbocycles. The van der Waals surface area contributed by atoms with Crippen molar-refractivity contribution in [1.82, 2.24) is 4.98 Å². The van der Waals surface area contributed by atoms with Crippen LogP contribution in [0.25, 0.3) is 10.2 Å². The number of fused-ring (bicyclic) bond motifs is 1. The van der Waals surface area contributed by atoms with Gasteiger partial charge in [0.05, 0.1) is 19.6 Å². The van der Waals surface area contributed by atoms with Crippen LogP contribution in [0.2, 0.25) is 10.0 Å². The van der Waals surface area contributed by atoms with E-state index in [0.29, 0.717) is 20.3 Å². The van der Waals surface area contributed by atoms with E-state index < -0.39 is 15.8 Å². The molecule has 0 radical (unpaired) electrons. The molecule has 114 valence electrons. The second-order valence-electron chi connectivity index (χ2n) is 4.29. The van der Waals surface area contributed by atoms with Crippen LogP contribution in [0.15, 0.2) is 41.3 Å². The zero-order chi connectivity index (χ0) is 15.9. The Labute approximate surface area is 139 Å². The maximum Gasteiger partial charge on any atom is 0.263 e. The van der Waals surface area contributed by atoms with E-state index in [1.807, 2.05) is 0 Å². The van der Waals surface area contributed by atoms with Crippen LogP contribution in [0.4, 0.5) is 9.52 Å². The van der Waals surface area contributed by atoms with Gasteiger partial charge in [0.2, 0.25) is 0 Å². The predicted molar refractivity (Wildman–Crippen MR) is 86.8 cm³/mol. The summed E-state index contributed by atoms with van der Waals surface area (Å²) in [4.78, 5) is 4.07. The van der Waals surface area contributed by atoms with Crippen LogP contribution in [0.1, 0.15) is 0 Å². The Morgan fingerprint density at radius 1 is 1.05 bits per heavy atom. The molecule has 4 nitrogen and oxygen atoms in total. The lowest BCUT2D eigenvalue weighted by Gasteiger charge is -2.04. The van der Waals surface area contributed by atoms with Gasteiger partial charge in [-0.25, -0.2) is 17.8 Å². The molecule has 2 aromatic carbocycles. The minimum atomic E-state index is -3.86. The highest BCUT2D eigenvalue weighted by Gasteiger charge is 2.18. The highest BCUT2D eigenvalue weighted by Crippen LogP contribution is 2.36. The highest BCUT2D eigenvalue weighted by molar-refractivity contribution is 7.93. The Bertz CT molecular complexity index is 917. The van der Waals surface area contributed by atoms with Gasteiger partial charge < -0.3 is 0 Å². The molecule has 1 heterocycles. The first-order chi connectivity index (χ1) is 10.4. The number of hydrogen-bond acceptors (Lipinski definition) is 4. The van der Waals surface area contributed by atoms with Crippen LogP contribution in [0.3, 0.4) is 0 Å². The Balaban J connectivity index is 2.00. The molecule has 0 bridgehead atoms. The summed E-state index contributed by atoms with van der Waals surface area (Å²) in [5.41, 5.74) is 0.427. The Kier molecular flexibility index (Phi) is 3.98. The summed E-state index contributed by atoms with van der Waals surface area (Å²) in [5.74, 6) is -0.516. The lowest BCUT2D eigenvalue weighted by Crippen LogP contribution is -2.12. The molecule has 3 aromatic rings. The van der Waals surface area contributed by atoms with Crippen LogP contribution in [-0.2, 0) is 10.0 Å². The quantitative estimate of drug-likeness (QED) is 0.729. The lowest BCUT2D eigenvalue weighted by molar-refractivity contribution is 0.599. The van der Waals surface area contributed by atoms with Gasteiger partial charge in [0.15, 0.2) is 5.13 Å². The van der Waals surface area contributed by atoms with Gasteiger partial charge in [0, 0.05) is 0 Å². The molecule has 3 rings (SSSR count). The summed E-state index contributed by atoms with van der Waals surface area (Å²) in [6.45, 7) is 0. The fourth-order valence-corrected chi connectivity index (χ4v) is 4.43. The number of halogens is 3. The maximum atomic E-state index is 12.9. The molecule has 0 unspecified atom stereocenters. The molecule has 22 heavy (non-hydrogen) atoms. The van der Waals surface area contributed by atoms with Gasteiger partial charge in [-0.1, -0.05) is 34.5 Å². The topological polar surface area (TPSA) is 59.1 Å². The number of anilines is 1. The molecule has 0 atom stereocenters. The number of sulfonamides is 1. The zero-order valence-electron chi connectivity index (χ0n) is 10.7. The molecule has 1 aromatic heterocycles. The van der Waals surface area contributed by atoms with E-state index in [9.17, 15) is 12.8 Å². The average Bonchev–Trinajstić information content (AvgIpc) is 2.88. The second kappa shape index (κ2) is 5.66. The molecular weight excluding hydrogens is 370 g/mol. The van der Waals surface area contributed by atoms with Crippen LogP contribution in [0.5, 0.6) is 0 Å².